The number of halogens is 6. The molecule has 0 aliphatic carbocycles. The van der Waals surface area contributed by atoms with Gasteiger partial charge < -0.3 is 0 Å². The molecule has 0 heterocycles. The van der Waals surface area contributed by atoms with E-state index in [-0.39, 0.29) is 17.0 Å². The molecule has 0 aliphatic heterocycles. The third-order valence-electron chi connectivity index (χ3n) is 3.72. The van der Waals surface area contributed by atoms with Crippen molar-refractivity contribution < 1.29 is 26.3 Å². The van der Waals surface area contributed by atoms with Crippen molar-refractivity contribution in [3.63, 3.8) is 0 Å². The zero-order valence-corrected chi connectivity index (χ0v) is 13.3. The van der Waals surface area contributed by atoms with Gasteiger partial charge in [-0.1, -0.05) is 26.0 Å². The number of hydrogen-bond donors (Lipinski definition) is 0. The SMILES string of the molecule is Cc1cc(-c2cc(C(F)(F)F)ccc2C(C)C)cc(C(F)(F)F)c1. The summed E-state index contributed by atoms with van der Waals surface area (Å²) in [5, 5.41) is 0. The highest BCUT2D eigenvalue weighted by Crippen LogP contribution is 2.39. The van der Waals surface area contributed by atoms with Gasteiger partial charge in [0.05, 0.1) is 11.1 Å². The molecule has 0 amide bonds. The fourth-order valence-corrected chi connectivity index (χ4v) is 2.59. The summed E-state index contributed by atoms with van der Waals surface area (Å²) in [6.45, 7) is 5.06. The van der Waals surface area contributed by atoms with Crippen LogP contribution in [0.1, 0.15) is 42.0 Å². The third kappa shape index (κ3) is 3.91. The molecule has 2 aromatic carbocycles. The zero-order valence-electron chi connectivity index (χ0n) is 13.3. The molecule has 0 saturated heterocycles. The molecule has 6 heteroatoms. The van der Waals surface area contributed by atoms with Gasteiger partial charge in [0.25, 0.3) is 0 Å². The number of alkyl halides is 6. The van der Waals surface area contributed by atoms with E-state index in [4.69, 9.17) is 0 Å². The standard InChI is InChI=1S/C18H16F6/c1-10(2)15-5-4-13(17(19,20)21)9-16(15)12-6-11(3)7-14(8-12)18(22,23)24/h4-10H,1-3H3. The van der Waals surface area contributed by atoms with Crippen LogP contribution in [-0.4, -0.2) is 0 Å². The van der Waals surface area contributed by atoms with Crippen LogP contribution in [-0.2, 0) is 12.4 Å². The Morgan fingerprint density at radius 1 is 0.750 bits per heavy atom. The Bertz CT molecular complexity index is 738. The topological polar surface area (TPSA) is 0 Å². The van der Waals surface area contributed by atoms with Gasteiger partial charge in [-0.3, -0.25) is 0 Å². The maximum atomic E-state index is 13.0. The van der Waals surface area contributed by atoms with Gasteiger partial charge in [0.2, 0.25) is 0 Å². The second-order valence-electron chi connectivity index (χ2n) is 6.04. The van der Waals surface area contributed by atoms with Gasteiger partial charge in [-0.05, 0) is 59.4 Å². The molecule has 0 unspecified atom stereocenters. The lowest BCUT2D eigenvalue weighted by atomic mass is 9.89. The van der Waals surface area contributed by atoms with E-state index in [0.717, 1.165) is 24.3 Å². The van der Waals surface area contributed by atoms with Gasteiger partial charge >= 0.3 is 12.4 Å². The van der Waals surface area contributed by atoms with Crippen LogP contribution < -0.4 is 0 Å². The molecule has 2 aromatic rings. The quantitative estimate of drug-likeness (QED) is 0.523. The maximum Gasteiger partial charge on any atom is 0.416 e. The minimum Gasteiger partial charge on any atom is -0.166 e. The van der Waals surface area contributed by atoms with Crippen LogP contribution in [0.3, 0.4) is 0 Å². The van der Waals surface area contributed by atoms with Crippen LogP contribution in [0, 0.1) is 6.92 Å². The molecular formula is C18H16F6. The monoisotopic (exact) mass is 346 g/mol. The Morgan fingerprint density at radius 3 is 1.83 bits per heavy atom. The van der Waals surface area contributed by atoms with E-state index < -0.39 is 23.5 Å². The normalized spacial score (nSPS) is 12.8. The summed E-state index contributed by atoms with van der Waals surface area (Å²) in [6.07, 6.45) is -9.11. The summed E-state index contributed by atoms with van der Waals surface area (Å²) in [7, 11) is 0. The number of aryl methyl sites for hydroxylation is 1. The second kappa shape index (κ2) is 6.15. The Balaban J connectivity index is 2.72. The Hall–Kier alpha value is -1.98. The number of benzene rings is 2. The van der Waals surface area contributed by atoms with Crippen molar-refractivity contribution in [3.8, 4) is 11.1 Å². The first-order valence-electron chi connectivity index (χ1n) is 7.30. The molecule has 0 nitrogen and oxygen atoms in total. The minimum absolute atomic E-state index is 0.128. The van der Waals surface area contributed by atoms with Crippen molar-refractivity contribution in [2.75, 3.05) is 0 Å². The molecule has 0 bridgehead atoms. The fraction of sp³-hybridized carbons (Fsp3) is 0.333. The number of hydrogen-bond acceptors (Lipinski definition) is 0. The summed E-state index contributed by atoms with van der Waals surface area (Å²) in [5.41, 5.74) is -0.526. The van der Waals surface area contributed by atoms with Crippen LogP contribution in [0.2, 0.25) is 0 Å². The average Bonchev–Trinajstić information content (AvgIpc) is 2.44. The first-order chi connectivity index (χ1) is 10.9. The predicted octanol–water partition coefficient (Wildman–Crippen LogP) is 6.82. The van der Waals surface area contributed by atoms with Gasteiger partial charge in [-0.2, -0.15) is 26.3 Å². The molecule has 0 fully saturated rings. The molecule has 0 saturated carbocycles. The van der Waals surface area contributed by atoms with Crippen LogP contribution in [0.15, 0.2) is 36.4 Å². The molecule has 0 aromatic heterocycles. The van der Waals surface area contributed by atoms with Gasteiger partial charge in [-0.25, -0.2) is 0 Å². The lowest BCUT2D eigenvalue weighted by molar-refractivity contribution is -0.138. The van der Waals surface area contributed by atoms with Crippen molar-refractivity contribution >= 4 is 0 Å². The van der Waals surface area contributed by atoms with Crippen molar-refractivity contribution in [1.82, 2.24) is 0 Å². The largest absolute Gasteiger partial charge is 0.416 e. The second-order valence-corrected chi connectivity index (χ2v) is 6.04. The summed E-state index contributed by atoms with van der Waals surface area (Å²) in [5.74, 6) is -0.128. The zero-order chi connectivity index (χ0) is 18.3. The van der Waals surface area contributed by atoms with Crippen LogP contribution in [0.4, 0.5) is 26.3 Å². The summed E-state index contributed by atoms with van der Waals surface area (Å²) in [6, 6.07) is 6.55. The lowest BCUT2D eigenvalue weighted by Crippen LogP contribution is -2.08. The van der Waals surface area contributed by atoms with Gasteiger partial charge in [0, 0.05) is 0 Å². The van der Waals surface area contributed by atoms with Gasteiger partial charge in [-0.15, -0.1) is 0 Å². The summed E-state index contributed by atoms with van der Waals surface area (Å²) < 4.78 is 78.0. The Labute approximate surface area is 136 Å². The summed E-state index contributed by atoms with van der Waals surface area (Å²) in [4.78, 5) is 0. The average molecular weight is 346 g/mol. The van der Waals surface area contributed by atoms with E-state index >= 15 is 0 Å². The first-order valence-corrected chi connectivity index (χ1v) is 7.30. The Morgan fingerprint density at radius 2 is 1.33 bits per heavy atom. The predicted molar refractivity (Wildman–Crippen MR) is 80.7 cm³/mol. The van der Waals surface area contributed by atoms with Crippen molar-refractivity contribution in [1.29, 1.82) is 0 Å². The molecule has 0 aliphatic rings. The first kappa shape index (κ1) is 18.4. The third-order valence-corrected chi connectivity index (χ3v) is 3.72. The molecule has 2 rings (SSSR count). The highest BCUT2D eigenvalue weighted by molar-refractivity contribution is 5.70. The van der Waals surface area contributed by atoms with E-state index in [1.165, 1.54) is 19.1 Å². The molecule has 130 valence electrons. The van der Waals surface area contributed by atoms with Crippen molar-refractivity contribution in [2.45, 2.75) is 39.0 Å². The molecular weight excluding hydrogens is 330 g/mol. The van der Waals surface area contributed by atoms with Crippen LogP contribution >= 0.6 is 0 Å². The smallest absolute Gasteiger partial charge is 0.166 e. The van der Waals surface area contributed by atoms with Crippen LogP contribution in [0.25, 0.3) is 11.1 Å². The van der Waals surface area contributed by atoms with Crippen molar-refractivity contribution in [2.24, 2.45) is 0 Å². The van der Waals surface area contributed by atoms with Gasteiger partial charge in [0.1, 0.15) is 0 Å². The Kier molecular flexibility index (Phi) is 4.70. The van der Waals surface area contributed by atoms with Crippen molar-refractivity contribution in [3.05, 3.63) is 58.7 Å². The van der Waals surface area contributed by atoms with Crippen LogP contribution in [0.5, 0.6) is 0 Å². The minimum atomic E-state index is -4.56. The molecule has 0 radical (unpaired) electrons. The van der Waals surface area contributed by atoms with E-state index in [0.29, 0.717) is 11.1 Å². The fourth-order valence-electron chi connectivity index (χ4n) is 2.59. The number of rotatable bonds is 2. The van der Waals surface area contributed by atoms with Gasteiger partial charge in [0.15, 0.2) is 0 Å². The van der Waals surface area contributed by atoms with E-state index in [1.54, 1.807) is 13.8 Å². The lowest BCUT2D eigenvalue weighted by Gasteiger charge is -2.18. The van der Waals surface area contributed by atoms with E-state index in [1.807, 2.05) is 0 Å². The highest BCUT2D eigenvalue weighted by atomic mass is 19.4. The molecule has 0 N–H and O–H groups in total. The summed E-state index contributed by atoms with van der Waals surface area (Å²) >= 11 is 0. The maximum absolute atomic E-state index is 13.0. The molecule has 24 heavy (non-hydrogen) atoms. The highest BCUT2D eigenvalue weighted by Gasteiger charge is 2.33. The van der Waals surface area contributed by atoms with E-state index in [9.17, 15) is 26.3 Å². The molecule has 0 spiro atoms. The molecule has 0 atom stereocenters. The van der Waals surface area contributed by atoms with E-state index in [2.05, 4.69) is 0 Å².